The summed E-state index contributed by atoms with van der Waals surface area (Å²) in [5.41, 5.74) is -0.819. The van der Waals surface area contributed by atoms with Gasteiger partial charge in [-0.1, -0.05) is 6.42 Å². The van der Waals surface area contributed by atoms with Crippen molar-refractivity contribution in [3.63, 3.8) is 0 Å². The van der Waals surface area contributed by atoms with Gasteiger partial charge < -0.3 is 5.32 Å². The Morgan fingerprint density at radius 3 is 2.48 bits per heavy atom. The van der Waals surface area contributed by atoms with Crippen molar-refractivity contribution < 1.29 is 26.7 Å². The number of benzene rings is 1. The minimum atomic E-state index is -4.42. The number of aryl methyl sites for hydroxylation is 1. The number of anilines is 1. The number of hydrogen-bond acceptors (Lipinski definition) is 2. The average Bonchev–Trinajstić information content (AvgIpc) is 3.28. The molecule has 2 saturated carbocycles. The van der Waals surface area contributed by atoms with Crippen molar-refractivity contribution >= 4 is 11.7 Å². The minimum absolute atomic E-state index is 0.0101. The third-order valence-corrected chi connectivity index (χ3v) is 6.00. The highest BCUT2D eigenvalue weighted by molar-refractivity contribution is 5.92. The van der Waals surface area contributed by atoms with Crippen molar-refractivity contribution in [2.45, 2.75) is 50.6 Å². The Balaban J connectivity index is 1.67. The Kier molecular flexibility index (Phi) is 4.66. The molecule has 4 nitrogen and oxygen atoms in total. The first-order chi connectivity index (χ1) is 13.6. The smallest absolute Gasteiger partial charge is 0.309 e. The van der Waals surface area contributed by atoms with Gasteiger partial charge in [-0.15, -0.1) is 0 Å². The topological polar surface area (TPSA) is 46.9 Å². The molecule has 0 saturated heterocycles. The molecule has 0 bridgehead atoms. The number of halogens is 5. The van der Waals surface area contributed by atoms with Crippen LogP contribution in [0.3, 0.4) is 0 Å². The van der Waals surface area contributed by atoms with E-state index < -0.39 is 35.6 Å². The standard InChI is InChI=1S/C20H20F5N3O/c1-28-17(13-6-5-12(21)9-14(13)22)16(11-3-2-4-11)18(27-28)26-15(29)10-19(7-8-19)20(23,24)25/h5-6,9,11H,2-4,7-8,10H2,1H3,(H,26,27,29). The van der Waals surface area contributed by atoms with E-state index in [0.29, 0.717) is 11.3 Å². The average molecular weight is 413 g/mol. The molecular weight excluding hydrogens is 393 g/mol. The molecule has 2 aliphatic carbocycles. The Morgan fingerprint density at radius 2 is 1.97 bits per heavy atom. The second kappa shape index (κ2) is 6.81. The number of nitrogens with one attached hydrogen (secondary N) is 1. The van der Waals surface area contributed by atoms with Gasteiger partial charge in [0.1, 0.15) is 11.6 Å². The van der Waals surface area contributed by atoms with Gasteiger partial charge in [-0.25, -0.2) is 8.78 Å². The number of alkyl halides is 3. The van der Waals surface area contributed by atoms with E-state index in [4.69, 9.17) is 0 Å². The van der Waals surface area contributed by atoms with Crippen molar-refractivity contribution in [3.8, 4) is 11.3 Å². The largest absolute Gasteiger partial charge is 0.395 e. The molecule has 1 N–H and O–H groups in total. The molecule has 2 fully saturated rings. The van der Waals surface area contributed by atoms with Gasteiger partial charge in [0, 0.05) is 30.7 Å². The molecule has 29 heavy (non-hydrogen) atoms. The quantitative estimate of drug-likeness (QED) is 0.676. The maximum Gasteiger partial charge on any atom is 0.395 e. The zero-order valence-corrected chi connectivity index (χ0v) is 15.7. The Morgan fingerprint density at radius 1 is 1.28 bits per heavy atom. The summed E-state index contributed by atoms with van der Waals surface area (Å²) < 4.78 is 68.6. The Hall–Kier alpha value is -2.45. The zero-order chi connectivity index (χ0) is 21.0. The first-order valence-corrected chi connectivity index (χ1v) is 9.50. The molecular formula is C20H20F5N3O. The zero-order valence-electron chi connectivity index (χ0n) is 15.7. The maximum atomic E-state index is 14.4. The summed E-state index contributed by atoms with van der Waals surface area (Å²) in [6, 6.07) is 3.21. The van der Waals surface area contributed by atoms with Crippen LogP contribution < -0.4 is 5.32 Å². The fourth-order valence-corrected chi connectivity index (χ4v) is 3.91. The highest BCUT2D eigenvalue weighted by atomic mass is 19.4. The molecule has 1 aromatic carbocycles. The van der Waals surface area contributed by atoms with Crippen LogP contribution in [0.25, 0.3) is 11.3 Å². The lowest BCUT2D eigenvalue weighted by atomic mass is 9.78. The number of amides is 1. The highest BCUT2D eigenvalue weighted by Crippen LogP contribution is 2.60. The second-order valence-electron chi connectivity index (χ2n) is 7.99. The molecule has 156 valence electrons. The molecule has 4 rings (SSSR count). The Labute approximate surface area is 164 Å². The van der Waals surface area contributed by atoms with Gasteiger partial charge in [0.25, 0.3) is 0 Å². The van der Waals surface area contributed by atoms with E-state index in [1.807, 2.05) is 0 Å². The van der Waals surface area contributed by atoms with E-state index in [-0.39, 0.29) is 30.1 Å². The van der Waals surface area contributed by atoms with Gasteiger partial charge in [0.15, 0.2) is 5.82 Å². The third kappa shape index (κ3) is 3.51. The van der Waals surface area contributed by atoms with Crippen LogP contribution >= 0.6 is 0 Å². The molecule has 1 amide bonds. The van der Waals surface area contributed by atoms with Crippen LogP contribution in [0.4, 0.5) is 27.8 Å². The SMILES string of the molecule is Cn1nc(NC(=O)CC2(C(F)(F)F)CC2)c(C2CCC2)c1-c1ccc(F)cc1F. The van der Waals surface area contributed by atoms with Gasteiger partial charge in [0.05, 0.1) is 11.1 Å². The molecule has 2 aliphatic rings. The van der Waals surface area contributed by atoms with Gasteiger partial charge in [-0.2, -0.15) is 18.3 Å². The van der Waals surface area contributed by atoms with E-state index in [1.165, 1.54) is 10.7 Å². The van der Waals surface area contributed by atoms with Crippen molar-refractivity contribution in [1.82, 2.24) is 9.78 Å². The van der Waals surface area contributed by atoms with E-state index >= 15 is 0 Å². The maximum absolute atomic E-state index is 14.4. The minimum Gasteiger partial charge on any atom is -0.309 e. The fraction of sp³-hybridized carbons (Fsp3) is 0.500. The molecule has 1 heterocycles. The number of rotatable bonds is 5. The monoisotopic (exact) mass is 413 g/mol. The van der Waals surface area contributed by atoms with Crippen molar-refractivity contribution in [2.24, 2.45) is 12.5 Å². The van der Waals surface area contributed by atoms with Gasteiger partial charge in [-0.05, 0) is 43.7 Å². The summed E-state index contributed by atoms with van der Waals surface area (Å²) in [6.45, 7) is 0. The van der Waals surface area contributed by atoms with Crippen LogP contribution in [0.1, 0.15) is 50.0 Å². The molecule has 0 radical (unpaired) electrons. The molecule has 0 unspecified atom stereocenters. The predicted octanol–water partition coefficient (Wildman–Crippen LogP) is 5.30. The lowest BCUT2D eigenvalue weighted by Crippen LogP contribution is -2.30. The van der Waals surface area contributed by atoms with Gasteiger partial charge in [-0.3, -0.25) is 9.48 Å². The first kappa shape index (κ1) is 19.8. The fourth-order valence-electron chi connectivity index (χ4n) is 3.91. The number of nitrogens with zero attached hydrogens (tertiary/aromatic N) is 2. The molecule has 9 heteroatoms. The van der Waals surface area contributed by atoms with E-state index in [1.54, 1.807) is 7.05 Å². The molecule has 0 atom stereocenters. The van der Waals surface area contributed by atoms with Crippen molar-refractivity contribution in [2.75, 3.05) is 5.32 Å². The van der Waals surface area contributed by atoms with Crippen LogP contribution in [0.2, 0.25) is 0 Å². The van der Waals surface area contributed by atoms with Crippen LogP contribution in [-0.4, -0.2) is 21.9 Å². The third-order valence-electron chi connectivity index (χ3n) is 6.00. The molecule has 2 aromatic rings. The number of carbonyl (C=O) groups is 1. The van der Waals surface area contributed by atoms with Gasteiger partial charge in [0.2, 0.25) is 5.91 Å². The van der Waals surface area contributed by atoms with E-state index in [0.717, 1.165) is 31.4 Å². The number of carbonyl (C=O) groups excluding carboxylic acids is 1. The number of aromatic nitrogens is 2. The second-order valence-corrected chi connectivity index (χ2v) is 7.99. The van der Waals surface area contributed by atoms with Crippen LogP contribution in [-0.2, 0) is 11.8 Å². The predicted molar refractivity (Wildman–Crippen MR) is 96.1 cm³/mol. The van der Waals surface area contributed by atoms with E-state index in [9.17, 15) is 26.7 Å². The van der Waals surface area contributed by atoms with Crippen molar-refractivity contribution in [3.05, 3.63) is 35.4 Å². The Bertz CT molecular complexity index is 958. The lowest BCUT2D eigenvalue weighted by Gasteiger charge is -2.27. The summed E-state index contributed by atoms with van der Waals surface area (Å²) in [5.74, 6) is -2.08. The molecule has 0 spiro atoms. The van der Waals surface area contributed by atoms with Crippen molar-refractivity contribution in [1.29, 1.82) is 0 Å². The van der Waals surface area contributed by atoms with E-state index in [2.05, 4.69) is 10.4 Å². The summed E-state index contributed by atoms with van der Waals surface area (Å²) in [5, 5.41) is 6.77. The first-order valence-electron chi connectivity index (χ1n) is 9.50. The molecule has 0 aliphatic heterocycles. The molecule has 1 aromatic heterocycles. The summed E-state index contributed by atoms with van der Waals surface area (Å²) in [6.07, 6.45) is -2.64. The van der Waals surface area contributed by atoms with Gasteiger partial charge >= 0.3 is 6.18 Å². The lowest BCUT2D eigenvalue weighted by molar-refractivity contribution is -0.189. The van der Waals surface area contributed by atoms with Crippen LogP contribution in [0.5, 0.6) is 0 Å². The van der Waals surface area contributed by atoms with Crippen LogP contribution in [0.15, 0.2) is 18.2 Å². The summed E-state index contributed by atoms with van der Waals surface area (Å²) >= 11 is 0. The van der Waals surface area contributed by atoms with Crippen LogP contribution in [0, 0.1) is 17.0 Å². The number of hydrogen-bond donors (Lipinski definition) is 1. The summed E-state index contributed by atoms with van der Waals surface area (Å²) in [4.78, 5) is 12.4. The highest BCUT2D eigenvalue weighted by Gasteiger charge is 2.63. The summed E-state index contributed by atoms with van der Waals surface area (Å²) in [7, 11) is 1.56. The normalized spacial score (nSPS) is 18.4.